The molecular formula is C12H16N4O2. The molecule has 0 aliphatic rings. The van der Waals surface area contributed by atoms with E-state index in [4.69, 9.17) is 10.9 Å². The Balaban J connectivity index is 2.28. The molecule has 0 amide bonds. The Bertz CT molecular complexity index is 594. The van der Waals surface area contributed by atoms with Crippen LogP contribution in [0.15, 0.2) is 29.1 Å². The second-order valence-electron chi connectivity index (χ2n) is 3.99. The Kier molecular flexibility index (Phi) is 3.78. The van der Waals surface area contributed by atoms with Crippen molar-refractivity contribution in [2.45, 2.75) is 12.8 Å². The summed E-state index contributed by atoms with van der Waals surface area (Å²) in [7, 11) is 0. The molecule has 1 aromatic heterocycles. The van der Waals surface area contributed by atoms with Gasteiger partial charge in [-0.1, -0.05) is 12.1 Å². The first kappa shape index (κ1) is 12.4. The number of para-hydroxylation sites is 1. The number of hydrogen-bond acceptors (Lipinski definition) is 5. The average molecular weight is 248 g/mol. The molecule has 1 aromatic carbocycles. The van der Waals surface area contributed by atoms with Crippen LogP contribution in [-0.2, 0) is 0 Å². The number of nitrogens with zero attached hydrogens (tertiary/aromatic N) is 2. The fourth-order valence-electron chi connectivity index (χ4n) is 1.71. The largest absolute Gasteiger partial charge is 0.396 e. The van der Waals surface area contributed by atoms with E-state index in [9.17, 15) is 4.79 Å². The number of benzene rings is 1. The number of fused-ring (bicyclic) bond motifs is 1. The first-order valence-electron chi connectivity index (χ1n) is 5.85. The Hall–Kier alpha value is -2.08. The Morgan fingerprint density at radius 1 is 1.33 bits per heavy atom. The number of nitrogen functional groups attached to an aromatic ring is 1. The maximum Gasteiger partial charge on any atom is 0.281 e. The van der Waals surface area contributed by atoms with Crippen LogP contribution in [0, 0.1) is 0 Å². The lowest BCUT2D eigenvalue weighted by Crippen LogP contribution is -2.31. The number of nitrogens with one attached hydrogen (secondary N) is 1. The minimum Gasteiger partial charge on any atom is -0.396 e. The molecule has 6 nitrogen and oxygen atoms in total. The topological polar surface area (TPSA) is 93.2 Å². The zero-order valence-electron chi connectivity index (χ0n) is 9.97. The van der Waals surface area contributed by atoms with Gasteiger partial charge in [-0.3, -0.25) is 4.79 Å². The Morgan fingerprint density at radius 2 is 2.11 bits per heavy atom. The predicted molar refractivity (Wildman–Crippen MR) is 71.0 cm³/mol. The number of aromatic nitrogens is 2. The fraction of sp³-hybridized carbons (Fsp3) is 0.333. The average Bonchev–Trinajstić information content (AvgIpc) is 2.40. The molecule has 0 spiro atoms. The smallest absolute Gasteiger partial charge is 0.281 e. The van der Waals surface area contributed by atoms with Crippen molar-refractivity contribution in [1.29, 1.82) is 0 Å². The van der Waals surface area contributed by atoms with Gasteiger partial charge in [0.15, 0.2) is 0 Å². The number of unbranched alkanes of at least 4 members (excludes halogenated alkanes) is 1. The van der Waals surface area contributed by atoms with Gasteiger partial charge in [-0.2, -0.15) is 4.68 Å². The van der Waals surface area contributed by atoms with Crippen LogP contribution in [0.4, 0.5) is 5.95 Å². The number of anilines is 1. The minimum absolute atomic E-state index is 0.155. The van der Waals surface area contributed by atoms with Gasteiger partial charge in [-0.05, 0) is 25.0 Å². The van der Waals surface area contributed by atoms with Crippen LogP contribution in [-0.4, -0.2) is 27.9 Å². The summed E-state index contributed by atoms with van der Waals surface area (Å²) >= 11 is 0. The van der Waals surface area contributed by atoms with Crippen LogP contribution in [0.1, 0.15) is 12.8 Å². The highest BCUT2D eigenvalue weighted by Gasteiger charge is 2.07. The fourth-order valence-corrected chi connectivity index (χ4v) is 1.71. The quantitative estimate of drug-likeness (QED) is 0.522. The molecule has 0 bridgehead atoms. The van der Waals surface area contributed by atoms with E-state index in [2.05, 4.69) is 10.3 Å². The first-order valence-corrected chi connectivity index (χ1v) is 5.85. The molecule has 0 saturated heterocycles. The van der Waals surface area contributed by atoms with Crippen LogP contribution < -0.4 is 16.7 Å². The van der Waals surface area contributed by atoms with Gasteiger partial charge < -0.3 is 16.3 Å². The van der Waals surface area contributed by atoms with Crippen LogP contribution in [0.25, 0.3) is 10.9 Å². The zero-order chi connectivity index (χ0) is 13.0. The minimum atomic E-state index is -0.273. The van der Waals surface area contributed by atoms with E-state index in [0.717, 1.165) is 11.1 Å². The summed E-state index contributed by atoms with van der Waals surface area (Å²) in [4.78, 5) is 16.3. The van der Waals surface area contributed by atoms with Crippen molar-refractivity contribution in [1.82, 2.24) is 9.66 Å². The zero-order valence-corrected chi connectivity index (χ0v) is 9.97. The summed E-state index contributed by atoms with van der Waals surface area (Å²) in [6, 6.07) is 7.07. The third kappa shape index (κ3) is 2.43. The molecule has 0 saturated carbocycles. The molecule has 0 unspecified atom stereocenters. The molecular weight excluding hydrogens is 232 g/mol. The third-order valence-corrected chi connectivity index (χ3v) is 2.68. The number of aliphatic hydroxyl groups is 1. The molecule has 2 aromatic rings. The van der Waals surface area contributed by atoms with Crippen LogP contribution in [0.2, 0.25) is 0 Å². The summed E-state index contributed by atoms with van der Waals surface area (Å²) in [6.45, 7) is 0.769. The van der Waals surface area contributed by atoms with Gasteiger partial charge in [-0.15, -0.1) is 0 Å². The van der Waals surface area contributed by atoms with Gasteiger partial charge in [0, 0.05) is 13.2 Å². The lowest BCUT2D eigenvalue weighted by atomic mass is 10.2. The van der Waals surface area contributed by atoms with Crippen molar-refractivity contribution >= 4 is 16.9 Å². The van der Waals surface area contributed by atoms with E-state index in [0.29, 0.717) is 29.8 Å². The van der Waals surface area contributed by atoms with Crippen molar-refractivity contribution in [3.05, 3.63) is 34.6 Å². The molecule has 96 valence electrons. The van der Waals surface area contributed by atoms with Gasteiger partial charge in [0.1, 0.15) is 0 Å². The summed E-state index contributed by atoms with van der Waals surface area (Å²) in [5, 5.41) is 12.2. The maximum atomic E-state index is 12.0. The highest BCUT2D eigenvalue weighted by Crippen LogP contribution is 2.09. The summed E-state index contributed by atoms with van der Waals surface area (Å²) in [5.74, 6) is 6.04. The summed E-state index contributed by atoms with van der Waals surface area (Å²) in [5.41, 5.74) is 0.346. The van der Waals surface area contributed by atoms with Crippen molar-refractivity contribution in [2.75, 3.05) is 24.3 Å². The van der Waals surface area contributed by atoms with Crippen LogP contribution in [0.5, 0.6) is 0 Å². The van der Waals surface area contributed by atoms with Crippen molar-refractivity contribution in [2.24, 2.45) is 0 Å². The normalized spacial score (nSPS) is 10.7. The second kappa shape index (κ2) is 5.50. The molecule has 0 aliphatic carbocycles. The highest BCUT2D eigenvalue weighted by molar-refractivity contribution is 5.78. The monoisotopic (exact) mass is 248 g/mol. The summed E-state index contributed by atoms with van der Waals surface area (Å²) in [6.07, 6.45) is 1.49. The number of hydrogen-bond donors (Lipinski definition) is 3. The number of rotatable bonds is 5. The van der Waals surface area contributed by atoms with E-state index in [1.807, 2.05) is 6.07 Å². The van der Waals surface area contributed by atoms with Gasteiger partial charge in [0.25, 0.3) is 5.56 Å². The molecule has 0 radical (unpaired) electrons. The van der Waals surface area contributed by atoms with Crippen molar-refractivity contribution < 1.29 is 5.11 Å². The van der Waals surface area contributed by atoms with E-state index in [1.54, 1.807) is 18.2 Å². The first-order chi connectivity index (χ1) is 8.74. The van der Waals surface area contributed by atoms with Gasteiger partial charge in [-0.25, -0.2) is 4.98 Å². The predicted octanol–water partition coefficient (Wildman–Crippen LogP) is 0.295. The third-order valence-electron chi connectivity index (χ3n) is 2.68. The second-order valence-corrected chi connectivity index (χ2v) is 3.99. The highest BCUT2D eigenvalue weighted by atomic mass is 16.2. The van der Waals surface area contributed by atoms with E-state index < -0.39 is 0 Å². The SMILES string of the molecule is Nn1c(NCCCCO)nc2ccccc2c1=O. The number of aliphatic hydroxyl groups excluding tert-OH is 1. The molecule has 0 aliphatic heterocycles. The van der Waals surface area contributed by atoms with Crippen molar-refractivity contribution in [3.63, 3.8) is 0 Å². The van der Waals surface area contributed by atoms with Crippen LogP contribution >= 0.6 is 0 Å². The van der Waals surface area contributed by atoms with E-state index in [-0.39, 0.29) is 12.2 Å². The van der Waals surface area contributed by atoms with Crippen molar-refractivity contribution in [3.8, 4) is 0 Å². The Labute approximate surface area is 104 Å². The standard InChI is InChI=1S/C12H16N4O2/c13-16-11(18)9-5-1-2-6-10(9)15-12(16)14-7-3-4-8-17/h1-2,5-6,17H,3-4,7-8,13H2,(H,14,15). The van der Waals surface area contributed by atoms with E-state index in [1.165, 1.54) is 0 Å². The molecule has 18 heavy (non-hydrogen) atoms. The lowest BCUT2D eigenvalue weighted by Gasteiger charge is -2.10. The molecule has 0 atom stereocenters. The molecule has 4 N–H and O–H groups in total. The van der Waals surface area contributed by atoms with Gasteiger partial charge in [0.2, 0.25) is 5.95 Å². The molecule has 2 rings (SSSR count). The maximum absolute atomic E-state index is 12.0. The van der Waals surface area contributed by atoms with Gasteiger partial charge >= 0.3 is 0 Å². The summed E-state index contributed by atoms with van der Waals surface area (Å²) < 4.78 is 1.02. The van der Waals surface area contributed by atoms with E-state index >= 15 is 0 Å². The van der Waals surface area contributed by atoms with Gasteiger partial charge in [0.05, 0.1) is 10.9 Å². The molecule has 0 fully saturated rings. The van der Waals surface area contributed by atoms with Crippen LogP contribution in [0.3, 0.4) is 0 Å². The molecule has 6 heteroatoms. The lowest BCUT2D eigenvalue weighted by molar-refractivity contribution is 0.286. The molecule has 1 heterocycles. The number of nitrogens with two attached hydrogens (primary N) is 1. The Morgan fingerprint density at radius 3 is 2.89 bits per heavy atom.